The van der Waals surface area contributed by atoms with Gasteiger partial charge in [-0.3, -0.25) is 19.3 Å². The summed E-state index contributed by atoms with van der Waals surface area (Å²) in [6.45, 7) is 2.38. The third kappa shape index (κ3) is 3.65. The van der Waals surface area contributed by atoms with E-state index in [-0.39, 0.29) is 41.4 Å². The molecule has 3 amide bonds. The van der Waals surface area contributed by atoms with Gasteiger partial charge in [0.15, 0.2) is 0 Å². The lowest BCUT2D eigenvalue weighted by atomic mass is 9.63. The molecule has 2 aromatic carbocycles. The Morgan fingerprint density at radius 3 is 2.25 bits per heavy atom. The van der Waals surface area contributed by atoms with E-state index in [0.29, 0.717) is 40.9 Å². The van der Waals surface area contributed by atoms with Crippen molar-refractivity contribution in [1.82, 2.24) is 0 Å². The number of nitrogens with one attached hydrogen (secondary N) is 1. The van der Waals surface area contributed by atoms with Gasteiger partial charge in [0.05, 0.1) is 29.7 Å². The fourth-order valence-corrected chi connectivity index (χ4v) is 6.29. The summed E-state index contributed by atoms with van der Waals surface area (Å²) in [7, 11) is 0. The Bertz CT molecular complexity index is 1250. The van der Waals surface area contributed by atoms with Crippen LogP contribution in [-0.4, -0.2) is 30.3 Å². The van der Waals surface area contributed by atoms with Crippen molar-refractivity contribution >= 4 is 35.1 Å². The molecule has 2 aromatic rings. The summed E-state index contributed by atoms with van der Waals surface area (Å²) < 4.78 is 5.24. The molecule has 0 spiro atoms. The molecule has 1 N–H and O–H groups in total. The molecule has 2 bridgehead atoms. The molecule has 1 heterocycles. The number of hydrogen-bond acceptors (Lipinski definition) is 5. The van der Waals surface area contributed by atoms with Crippen LogP contribution in [0.3, 0.4) is 0 Å². The number of amides is 3. The summed E-state index contributed by atoms with van der Waals surface area (Å²) in [5, 5.41) is 2.80. The van der Waals surface area contributed by atoms with Crippen LogP contribution in [0.1, 0.15) is 46.9 Å². The maximum Gasteiger partial charge on any atom is 0.338 e. The predicted molar refractivity (Wildman–Crippen MR) is 133 cm³/mol. The van der Waals surface area contributed by atoms with Crippen LogP contribution in [0.15, 0.2) is 60.7 Å². The highest BCUT2D eigenvalue weighted by Crippen LogP contribution is 2.65. The lowest BCUT2D eigenvalue weighted by Crippen LogP contribution is -2.40. The van der Waals surface area contributed by atoms with Gasteiger partial charge in [-0.2, -0.15) is 0 Å². The Morgan fingerprint density at radius 2 is 1.61 bits per heavy atom. The zero-order valence-electron chi connectivity index (χ0n) is 20.1. The third-order valence-electron chi connectivity index (χ3n) is 8.14. The fourth-order valence-electron chi connectivity index (χ4n) is 6.29. The predicted octanol–water partition coefficient (Wildman–Crippen LogP) is 4.45. The summed E-state index contributed by atoms with van der Waals surface area (Å²) in [6.07, 6.45) is 7.17. The van der Waals surface area contributed by atoms with Crippen molar-refractivity contribution in [1.29, 1.82) is 0 Å². The quantitative estimate of drug-likeness (QED) is 0.271. The maximum absolute atomic E-state index is 13.3. The van der Waals surface area contributed by atoms with Crippen LogP contribution in [0, 0.1) is 35.5 Å². The fraction of sp³-hybridized carbons (Fsp3) is 0.379. The van der Waals surface area contributed by atoms with Gasteiger partial charge < -0.3 is 10.1 Å². The summed E-state index contributed by atoms with van der Waals surface area (Å²) in [5.41, 5.74) is 1.73. The van der Waals surface area contributed by atoms with E-state index in [1.54, 1.807) is 48.5 Å². The van der Waals surface area contributed by atoms with Crippen molar-refractivity contribution in [3.63, 3.8) is 0 Å². The zero-order chi connectivity index (χ0) is 25.0. The molecule has 36 heavy (non-hydrogen) atoms. The first-order valence-electron chi connectivity index (χ1n) is 12.7. The first-order valence-corrected chi connectivity index (χ1v) is 12.7. The van der Waals surface area contributed by atoms with Crippen molar-refractivity contribution in [3.05, 3.63) is 71.8 Å². The number of imide groups is 1. The van der Waals surface area contributed by atoms with Gasteiger partial charge in [-0.15, -0.1) is 0 Å². The second-order valence-electron chi connectivity index (χ2n) is 10.2. The number of carbonyl (C=O) groups excluding carboxylic acids is 4. The molecule has 6 atom stereocenters. The first-order chi connectivity index (χ1) is 17.5. The van der Waals surface area contributed by atoms with Gasteiger partial charge >= 0.3 is 5.97 Å². The molecule has 2 saturated carbocycles. The average Bonchev–Trinajstić information content (AvgIpc) is 3.67. The van der Waals surface area contributed by atoms with E-state index < -0.39 is 5.97 Å². The lowest BCUT2D eigenvalue weighted by molar-refractivity contribution is -0.124. The van der Waals surface area contributed by atoms with Gasteiger partial charge in [0.1, 0.15) is 0 Å². The smallest absolute Gasteiger partial charge is 0.338 e. The Hall–Kier alpha value is -3.74. The van der Waals surface area contributed by atoms with E-state index in [1.807, 2.05) is 6.92 Å². The average molecular weight is 485 g/mol. The molecule has 3 fully saturated rings. The van der Waals surface area contributed by atoms with E-state index in [2.05, 4.69) is 17.5 Å². The Balaban J connectivity index is 1.14. The SMILES string of the molecule is CCCCOC(=O)c1cccc(NC(=O)c2ccc(N3C(=O)[C@@H]4[C@H]5C=C[C@@H]([C@@H]6C[C@@H]56)[C@H]4C3=O)cc2)c1. The Morgan fingerprint density at radius 1 is 0.944 bits per heavy atom. The van der Waals surface area contributed by atoms with Crippen LogP contribution in [0.25, 0.3) is 0 Å². The van der Waals surface area contributed by atoms with E-state index in [0.717, 1.165) is 19.3 Å². The Labute approximate surface area is 209 Å². The molecular weight excluding hydrogens is 456 g/mol. The number of benzene rings is 2. The van der Waals surface area contributed by atoms with Crippen molar-refractivity contribution in [2.24, 2.45) is 35.5 Å². The summed E-state index contributed by atoms with van der Waals surface area (Å²) in [5.74, 6) is -0.0447. The molecule has 0 radical (unpaired) electrons. The van der Waals surface area contributed by atoms with Crippen LogP contribution in [0.4, 0.5) is 11.4 Å². The maximum atomic E-state index is 13.3. The van der Waals surface area contributed by atoms with E-state index in [9.17, 15) is 19.2 Å². The van der Waals surface area contributed by atoms with Crippen LogP contribution < -0.4 is 10.2 Å². The number of carbonyl (C=O) groups is 4. The molecule has 7 heteroatoms. The monoisotopic (exact) mass is 484 g/mol. The standard InChI is InChI=1S/C29H28N2O5/c1-2-3-13-36-29(35)17-5-4-6-18(14-17)30-26(32)16-7-9-19(10-8-16)31-27(33)24-20-11-12-21(23-15-22(20)23)25(24)28(31)34/h4-12,14,20-25H,2-3,13,15H2,1H3,(H,30,32)/t20-,21-,22-,23-,24+,25+/m0/s1. The number of nitrogens with zero attached hydrogens (tertiary/aromatic N) is 1. The minimum absolute atomic E-state index is 0.116. The van der Waals surface area contributed by atoms with E-state index in [4.69, 9.17) is 4.74 Å². The molecule has 7 nitrogen and oxygen atoms in total. The van der Waals surface area contributed by atoms with Crippen LogP contribution in [-0.2, 0) is 14.3 Å². The highest BCUT2D eigenvalue weighted by molar-refractivity contribution is 6.22. The van der Waals surface area contributed by atoms with Gasteiger partial charge in [0.2, 0.25) is 11.8 Å². The van der Waals surface area contributed by atoms with Gasteiger partial charge in [0, 0.05) is 11.3 Å². The summed E-state index contributed by atoms with van der Waals surface area (Å²) in [4.78, 5) is 52.9. The van der Waals surface area contributed by atoms with Gasteiger partial charge in [-0.25, -0.2) is 4.79 Å². The van der Waals surface area contributed by atoms with Crippen molar-refractivity contribution in [3.8, 4) is 0 Å². The molecular formula is C29H28N2O5. The summed E-state index contributed by atoms with van der Waals surface area (Å²) in [6, 6.07) is 13.1. The molecule has 4 aliphatic carbocycles. The largest absolute Gasteiger partial charge is 0.462 e. The molecule has 1 saturated heterocycles. The number of anilines is 2. The van der Waals surface area contributed by atoms with Gasteiger partial charge in [0.25, 0.3) is 5.91 Å². The molecule has 0 aromatic heterocycles. The molecule has 0 unspecified atom stereocenters. The number of rotatable bonds is 7. The van der Waals surface area contributed by atoms with Crippen molar-refractivity contribution in [2.45, 2.75) is 26.2 Å². The highest BCUT2D eigenvalue weighted by Gasteiger charge is 2.67. The number of ether oxygens (including phenoxy) is 1. The van der Waals surface area contributed by atoms with Gasteiger partial charge in [-0.1, -0.05) is 31.6 Å². The van der Waals surface area contributed by atoms with Crippen molar-refractivity contribution < 1.29 is 23.9 Å². The van der Waals surface area contributed by atoms with Gasteiger partial charge in [-0.05, 0) is 79.0 Å². The van der Waals surface area contributed by atoms with Crippen LogP contribution in [0.5, 0.6) is 0 Å². The molecule has 7 rings (SSSR count). The van der Waals surface area contributed by atoms with E-state index in [1.165, 1.54) is 4.90 Å². The Kier molecular flexibility index (Phi) is 5.51. The van der Waals surface area contributed by atoms with E-state index >= 15 is 0 Å². The first kappa shape index (κ1) is 22.7. The second-order valence-corrected chi connectivity index (χ2v) is 10.2. The minimum Gasteiger partial charge on any atom is -0.462 e. The minimum atomic E-state index is -0.426. The molecule has 184 valence electrons. The highest BCUT2D eigenvalue weighted by atomic mass is 16.5. The third-order valence-corrected chi connectivity index (χ3v) is 8.14. The molecule has 1 aliphatic heterocycles. The van der Waals surface area contributed by atoms with Crippen LogP contribution in [0.2, 0.25) is 0 Å². The number of allylic oxidation sites excluding steroid dienone is 2. The summed E-state index contributed by atoms with van der Waals surface area (Å²) >= 11 is 0. The molecule has 5 aliphatic rings. The number of unbranched alkanes of at least 4 members (excludes halogenated alkanes) is 1. The second kappa shape index (κ2) is 8.73. The number of hydrogen-bond donors (Lipinski definition) is 1. The van der Waals surface area contributed by atoms with Crippen molar-refractivity contribution in [2.75, 3.05) is 16.8 Å². The number of esters is 1. The topological polar surface area (TPSA) is 92.8 Å². The zero-order valence-corrected chi connectivity index (χ0v) is 20.1. The van der Waals surface area contributed by atoms with Crippen LogP contribution >= 0.6 is 0 Å². The normalized spacial score (nSPS) is 29.1. The lowest BCUT2D eigenvalue weighted by Gasteiger charge is -2.37.